The zero-order valence-corrected chi connectivity index (χ0v) is 16.4. The highest BCUT2D eigenvalue weighted by Gasteiger charge is 2.32. The Morgan fingerprint density at radius 1 is 1.03 bits per heavy atom. The molecule has 2 aromatic heterocycles. The van der Waals surface area contributed by atoms with Crippen molar-refractivity contribution in [3.8, 4) is 11.3 Å². The lowest BCUT2D eigenvalue weighted by Crippen LogP contribution is -2.11. The van der Waals surface area contributed by atoms with E-state index in [1.54, 1.807) is 36.4 Å². The largest absolute Gasteiger partial charge is 0.417 e. The van der Waals surface area contributed by atoms with Crippen LogP contribution in [-0.2, 0) is 6.18 Å². The molecule has 0 aliphatic heterocycles. The SMILES string of the molecule is Cc1ccc(C(=O)Nc2ccc(-c3cn4cc(C(F)(F)F)cc(Cl)c4n3)cc2)cc1. The van der Waals surface area contributed by atoms with E-state index in [2.05, 4.69) is 10.3 Å². The van der Waals surface area contributed by atoms with Crippen LogP contribution in [0.1, 0.15) is 21.5 Å². The fourth-order valence-electron chi connectivity index (χ4n) is 2.98. The molecule has 0 spiro atoms. The number of fused-ring (bicyclic) bond motifs is 1. The number of amides is 1. The molecule has 2 heterocycles. The zero-order valence-electron chi connectivity index (χ0n) is 15.7. The molecule has 0 unspecified atom stereocenters. The highest BCUT2D eigenvalue weighted by atomic mass is 35.5. The number of nitrogens with one attached hydrogen (secondary N) is 1. The van der Waals surface area contributed by atoms with E-state index in [0.717, 1.165) is 17.8 Å². The molecule has 0 bridgehead atoms. The first kappa shape index (κ1) is 20.0. The number of aromatic nitrogens is 2. The molecule has 30 heavy (non-hydrogen) atoms. The van der Waals surface area contributed by atoms with Crippen LogP contribution in [0.4, 0.5) is 18.9 Å². The fourth-order valence-corrected chi connectivity index (χ4v) is 3.24. The molecule has 2 aromatic carbocycles. The van der Waals surface area contributed by atoms with Crippen LogP contribution in [0.2, 0.25) is 5.02 Å². The van der Waals surface area contributed by atoms with Gasteiger partial charge in [0.2, 0.25) is 0 Å². The number of aryl methyl sites for hydroxylation is 1. The Morgan fingerprint density at radius 2 is 1.70 bits per heavy atom. The van der Waals surface area contributed by atoms with Crippen molar-refractivity contribution in [1.82, 2.24) is 9.38 Å². The van der Waals surface area contributed by atoms with Crippen LogP contribution in [0.15, 0.2) is 67.0 Å². The van der Waals surface area contributed by atoms with E-state index in [0.29, 0.717) is 22.5 Å². The number of benzene rings is 2. The minimum atomic E-state index is -4.50. The Bertz CT molecular complexity index is 1230. The minimum absolute atomic E-state index is 0.0851. The molecule has 0 aliphatic rings. The molecule has 0 radical (unpaired) electrons. The zero-order chi connectivity index (χ0) is 21.5. The van der Waals surface area contributed by atoms with Gasteiger partial charge >= 0.3 is 6.18 Å². The molecule has 0 saturated heterocycles. The van der Waals surface area contributed by atoms with E-state index >= 15 is 0 Å². The Labute approximate surface area is 174 Å². The summed E-state index contributed by atoms with van der Waals surface area (Å²) in [5.74, 6) is -0.234. The quantitative estimate of drug-likeness (QED) is 0.419. The number of nitrogens with zero attached hydrogens (tertiary/aromatic N) is 2. The van der Waals surface area contributed by atoms with Crippen molar-refractivity contribution in [3.63, 3.8) is 0 Å². The number of anilines is 1. The Kier molecular flexibility index (Phi) is 4.99. The molecule has 4 aromatic rings. The smallest absolute Gasteiger partial charge is 0.322 e. The van der Waals surface area contributed by atoms with Gasteiger partial charge in [0.05, 0.1) is 16.3 Å². The van der Waals surface area contributed by atoms with Crippen molar-refractivity contribution in [3.05, 3.63) is 88.7 Å². The van der Waals surface area contributed by atoms with Gasteiger partial charge in [0.1, 0.15) is 0 Å². The second-order valence-corrected chi connectivity index (χ2v) is 7.24. The number of rotatable bonds is 3. The van der Waals surface area contributed by atoms with Crippen molar-refractivity contribution >= 4 is 28.8 Å². The van der Waals surface area contributed by atoms with Gasteiger partial charge in [-0.25, -0.2) is 4.98 Å². The summed E-state index contributed by atoms with van der Waals surface area (Å²) in [5.41, 5.74) is 2.72. The number of hydrogen-bond acceptors (Lipinski definition) is 2. The monoisotopic (exact) mass is 429 g/mol. The van der Waals surface area contributed by atoms with Crippen molar-refractivity contribution in [1.29, 1.82) is 0 Å². The fraction of sp³-hybridized carbons (Fsp3) is 0.0909. The summed E-state index contributed by atoms with van der Waals surface area (Å²) in [6, 6.07) is 14.9. The summed E-state index contributed by atoms with van der Waals surface area (Å²) >= 11 is 5.99. The lowest BCUT2D eigenvalue weighted by Gasteiger charge is -2.07. The first-order chi connectivity index (χ1) is 14.2. The van der Waals surface area contributed by atoms with E-state index in [4.69, 9.17) is 11.6 Å². The maximum atomic E-state index is 13.0. The second-order valence-electron chi connectivity index (χ2n) is 6.83. The molecule has 0 aliphatic carbocycles. The molecule has 152 valence electrons. The normalized spacial score (nSPS) is 11.6. The first-order valence-corrected chi connectivity index (χ1v) is 9.32. The van der Waals surface area contributed by atoms with Gasteiger partial charge in [-0.1, -0.05) is 41.4 Å². The van der Waals surface area contributed by atoms with Gasteiger partial charge < -0.3 is 9.72 Å². The van der Waals surface area contributed by atoms with E-state index < -0.39 is 11.7 Å². The predicted octanol–water partition coefficient (Wildman–Crippen LogP) is 6.23. The van der Waals surface area contributed by atoms with E-state index in [1.165, 1.54) is 10.6 Å². The third-order valence-corrected chi connectivity index (χ3v) is 4.86. The summed E-state index contributed by atoms with van der Waals surface area (Å²) in [4.78, 5) is 16.6. The predicted molar refractivity (Wildman–Crippen MR) is 110 cm³/mol. The van der Waals surface area contributed by atoms with Gasteiger partial charge in [0, 0.05) is 29.2 Å². The Hall–Kier alpha value is -3.32. The van der Waals surface area contributed by atoms with Crippen LogP contribution in [0.3, 0.4) is 0 Å². The number of halogens is 4. The molecular formula is C22H15ClF3N3O. The van der Waals surface area contributed by atoms with Crippen LogP contribution in [-0.4, -0.2) is 15.3 Å². The maximum Gasteiger partial charge on any atom is 0.417 e. The summed E-state index contributed by atoms with van der Waals surface area (Å²) in [6.07, 6.45) is -2.07. The van der Waals surface area contributed by atoms with Gasteiger partial charge in [-0.2, -0.15) is 13.2 Å². The van der Waals surface area contributed by atoms with E-state index in [-0.39, 0.29) is 16.6 Å². The number of alkyl halides is 3. The standard InChI is InChI=1S/C22H15ClF3N3O/c1-13-2-4-15(5-3-13)21(30)27-17-8-6-14(7-9-17)19-12-29-11-16(22(24,25)26)10-18(23)20(29)28-19/h2-12H,1H3,(H,27,30). The van der Waals surface area contributed by atoms with Crippen molar-refractivity contribution in [2.24, 2.45) is 0 Å². The lowest BCUT2D eigenvalue weighted by atomic mass is 10.1. The Balaban J connectivity index is 1.58. The number of carbonyl (C=O) groups excluding carboxylic acids is 1. The van der Waals surface area contributed by atoms with E-state index in [9.17, 15) is 18.0 Å². The molecule has 0 atom stereocenters. The summed E-state index contributed by atoms with van der Waals surface area (Å²) in [7, 11) is 0. The van der Waals surface area contributed by atoms with Gasteiger partial charge in [-0.05, 0) is 37.3 Å². The highest BCUT2D eigenvalue weighted by molar-refractivity contribution is 6.33. The average molecular weight is 430 g/mol. The average Bonchev–Trinajstić information content (AvgIpc) is 3.13. The first-order valence-electron chi connectivity index (χ1n) is 8.94. The number of carbonyl (C=O) groups is 1. The van der Waals surface area contributed by atoms with Crippen molar-refractivity contribution in [2.45, 2.75) is 13.1 Å². The molecule has 1 N–H and O–H groups in total. The van der Waals surface area contributed by atoms with Crippen molar-refractivity contribution in [2.75, 3.05) is 5.32 Å². The number of pyridine rings is 1. The maximum absolute atomic E-state index is 13.0. The summed E-state index contributed by atoms with van der Waals surface area (Å²) < 4.78 is 40.2. The van der Waals surface area contributed by atoms with Gasteiger partial charge in [-0.15, -0.1) is 0 Å². The van der Waals surface area contributed by atoms with Crippen LogP contribution in [0.5, 0.6) is 0 Å². The van der Waals surface area contributed by atoms with Gasteiger partial charge in [-0.3, -0.25) is 4.79 Å². The highest BCUT2D eigenvalue weighted by Crippen LogP contribution is 2.33. The van der Waals surface area contributed by atoms with Crippen LogP contribution >= 0.6 is 11.6 Å². The van der Waals surface area contributed by atoms with Gasteiger partial charge in [0.15, 0.2) is 5.65 Å². The third-order valence-electron chi connectivity index (χ3n) is 4.59. The molecule has 0 fully saturated rings. The number of hydrogen-bond donors (Lipinski definition) is 1. The number of imidazole rings is 1. The molecule has 4 nitrogen and oxygen atoms in total. The summed E-state index contributed by atoms with van der Waals surface area (Å²) in [6.45, 7) is 1.94. The molecule has 4 rings (SSSR count). The molecule has 8 heteroatoms. The lowest BCUT2D eigenvalue weighted by molar-refractivity contribution is -0.137. The van der Waals surface area contributed by atoms with Crippen LogP contribution in [0.25, 0.3) is 16.9 Å². The minimum Gasteiger partial charge on any atom is -0.322 e. The molecule has 0 saturated carbocycles. The van der Waals surface area contributed by atoms with Crippen LogP contribution < -0.4 is 5.32 Å². The van der Waals surface area contributed by atoms with Crippen LogP contribution in [0, 0.1) is 6.92 Å². The molecule has 1 amide bonds. The topological polar surface area (TPSA) is 46.4 Å². The van der Waals surface area contributed by atoms with Gasteiger partial charge in [0.25, 0.3) is 5.91 Å². The third kappa shape index (κ3) is 4.02. The summed E-state index contributed by atoms with van der Waals surface area (Å²) in [5, 5.41) is 2.72. The second kappa shape index (κ2) is 7.50. The van der Waals surface area contributed by atoms with Crippen molar-refractivity contribution < 1.29 is 18.0 Å². The Morgan fingerprint density at radius 3 is 2.33 bits per heavy atom. The van der Waals surface area contributed by atoms with E-state index in [1.807, 2.05) is 19.1 Å². The molecular weight excluding hydrogens is 415 g/mol.